The Balaban J connectivity index is 2.80. The number of rotatable bonds is 4. The summed E-state index contributed by atoms with van der Waals surface area (Å²) in [5, 5.41) is 11.6. The molecular formula is C10H14N2O3S. The summed E-state index contributed by atoms with van der Waals surface area (Å²) in [6.45, 7) is 2.98. The van der Waals surface area contributed by atoms with Gasteiger partial charge in [0.15, 0.2) is 5.71 Å². The van der Waals surface area contributed by atoms with Crippen molar-refractivity contribution >= 4 is 15.8 Å². The standard InChI is InChI=1S/C10H14N2O3S/c1-8(2)16(13,14)15-12-10(7-11)9-5-3-4-6-9/h5,8H,3-4,6H2,1-2H3/b12-10+. The average molecular weight is 242 g/mol. The predicted octanol–water partition coefficient (Wildman–Crippen LogP) is 1.73. The molecule has 1 rings (SSSR count). The molecule has 0 unspecified atom stereocenters. The molecule has 16 heavy (non-hydrogen) atoms. The summed E-state index contributed by atoms with van der Waals surface area (Å²) in [4.78, 5) is 0. The molecule has 0 atom stereocenters. The van der Waals surface area contributed by atoms with Gasteiger partial charge in [0.1, 0.15) is 6.07 Å². The van der Waals surface area contributed by atoms with E-state index in [0.717, 1.165) is 24.8 Å². The van der Waals surface area contributed by atoms with Gasteiger partial charge in [-0.25, -0.2) is 0 Å². The Morgan fingerprint density at radius 2 is 2.31 bits per heavy atom. The fourth-order valence-electron chi connectivity index (χ4n) is 1.21. The van der Waals surface area contributed by atoms with Crippen LogP contribution in [-0.4, -0.2) is 19.4 Å². The predicted molar refractivity (Wildman–Crippen MR) is 60.1 cm³/mol. The lowest BCUT2D eigenvalue weighted by Gasteiger charge is -2.04. The monoisotopic (exact) mass is 242 g/mol. The van der Waals surface area contributed by atoms with E-state index in [1.165, 1.54) is 13.8 Å². The van der Waals surface area contributed by atoms with Gasteiger partial charge in [-0.15, -0.1) is 0 Å². The third kappa shape index (κ3) is 3.07. The van der Waals surface area contributed by atoms with Crippen LogP contribution in [-0.2, 0) is 14.4 Å². The maximum absolute atomic E-state index is 11.3. The van der Waals surface area contributed by atoms with E-state index in [1.807, 2.05) is 12.1 Å². The van der Waals surface area contributed by atoms with Crippen LogP contribution >= 0.6 is 0 Å². The van der Waals surface area contributed by atoms with Crippen LogP contribution in [0.3, 0.4) is 0 Å². The van der Waals surface area contributed by atoms with Gasteiger partial charge in [0.25, 0.3) is 0 Å². The first kappa shape index (κ1) is 12.7. The van der Waals surface area contributed by atoms with Crippen LogP contribution < -0.4 is 0 Å². The van der Waals surface area contributed by atoms with Crippen molar-refractivity contribution in [2.75, 3.05) is 0 Å². The molecule has 1 aliphatic rings. The van der Waals surface area contributed by atoms with E-state index in [4.69, 9.17) is 5.26 Å². The second-order valence-electron chi connectivity index (χ2n) is 3.79. The molecular weight excluding hydrogens is 228 g/mol. The average Bonchev–Trinajstić information content (AvgIpc) is 2.71. The molecule has 0 radical (unpaired) electrons. The molecule has 0 spiro atoms. The van der Waals surface area contributed by atoms with E-state index in [0.29, 0.717) is 0 Å². The van der Waals surface area contributed by atoms with E-state index in [2.05, 4.69) is 9.44 Å². The van der Waals surface area contributed by atoms with Gasteiger partial charge in [0.05, 0.1) is 5.25 Å². The van der Waals surface area contributed by atoms with E-state index >= 15 is 0 Å². The summed E-state index contributed by atoms with van der Waals surface area (Å²) < 4.78 is 27.1. The maximum Gasteiger partial charge on any atom is 0.330 e. The Kier molecular flexibility index (Phi) is 4.07. The molecule has 1 aliphatic carbocycles. The number of oxime groups is 1. The lowest BCUT2D eigenvalue weighted by atomic mass is 10.1. The zero-order chi connectivity index (χ0) is 12.2. The zero-order valence-corrected chi connectivity index (χ0v) is 10.1. The SMILES string of the molecule is CC(C)S(=O)(=O)O/N=C(\C#N)C1=CCCC1. The molecule has 88 valence electrons. The van der Waals surface area contributed by atoms with Crippen LogP contribution in [0.15, 0.2) is 16.8 Å². The molecule has 5 nitrogen and oxygen atoms in total. The highest BCUT2D eigenvalue weighted by atomic mass is 32.2. The van der Waals surface area contributed by atoms with Crippen LogP contribution in [0.2, 0.25) is 0 Å². The highest BCUT2D eigenvalue weighted by molar-refractivity contribution is 7.87. The van der Waals surface area contributed by atoms with Crippen molar-refractivity contribution in [3.63, 3.8) is 0 Å². The minimum absolute atomic E-state index is 0.0572. The Morgan fingerprint density at radius 1 is 1.62 bits per heavy atom. The molecule has 0 aromatic rings. The van der Waals surface area contributed by atoms with Gasteiger partial charge in [-0.2, -0.15) is 13.7 Å². The van der Waals surface area contributed by atoms with Gasteiger partial charge in [-0.05, 0) is 38.7 Å². The number of allylic oxidation sites excluding steroid dienone is 2. The fraction of sp³-hybridized carbons (Fsp3) is 0.600. The van der Waals surface area contributed by atoms with Gasteiger partial charge < -0.3 is 0 Å². The first-order valence-corrected chi connectivity index (χ1v) is 6.54. The Labute approximate surface area is 95.5 Å². The second kappa shape index (κ2) is 5.12. The van der Waals surface area contributed by atoms with Gasteiger partial charge in [0.2, 0.25) is 0 Å². The molecule has 0 aliphatic heterocycles. The van der Waals surface area contributed by atoms with Gasteiger partial charge >= 0.3 is 10.1 Å². The zero-order valence-electron chi connectivity index (χ0n) is 9.30. The third-order valence-corrected chi connectivity index (χ3v) is 3.70. The number of nitriles is 1. The van der Waals surface area contributed by atoms with Gasteiger partial charge in [-0.1, -0.05) is 11.2 Å². The highest BCUT2D eigenvalue weighted by Gasteiger charge is 2.19. The van der Waals surface area contributed by atoms with Crippen molar-refractivity contribution < 1.29 is 12.7 Å². The molecule has 0 aromatic carbocycles. The maximum atomic E-state index is 11.3. The number of hydrogen-bond acceptors (Lipinski definition) is 5. The quantitative estimate of drug-likeness (QED) is 0.555. The van der Waals surface area contributed by atoms with Crippen LogP contribution in [0, 0.1) is 11.3 Å². The smallest absolute Gasteiger partial charge is 0.267 e. The summed E-state index contributed by atoms with van der Waals surface area (Å²) >= 11 is 0. The van der Waals surface area contributed by atoms with Gasteiger partial charge in [0, 0.05) is 0 Å². The van der Waals surface area contributed by atoms with E-state index in [9.17, 15) is 8.42 Å². The molecule has 0 fully saturated rings. The first-order chi connectivity index (χ1) is 7.47. The van der Waals surface area contributed by atoms with Crippen LogP contribution in [0.1, 0.15) is 33.1 Å². The summed E-state index contributed by atoms with van der Waals surface area (Å²) in [5.74, 6) is 0. The molecule has 6 heteroatoms. The molecule has 0 amide bonds. The first-order valence-electron chi connectivity index (χ1n) is 5.07. The topological polar surface area (TPSA) is 79.5 Å². The van der Waals surface area contributed by atoms with Crippen molar-refractivity contribution in [2.45, 2.75) is 38.4 Å². The minimum atomic E-state index is -3.70. The van der Waals surface area contributed by atoms with E-state index in [1.54, 1.807) is 0 Å². The highest BCUT2D eigenvalue weighted by Crippen LogP contribution is 2.19. The van der Waals surface area contributed by atoms with Crippen molar-refractivity contribution in [3.8, 4) is 6.07 Å². The fourth-order valence-corrected chi connectivity index (χ4v) is 1.56. The summed E-state index contributed by atoms with van der Waals surface area (Å²) in [6, 6.07) is 1.85. The second-order valence-corrected chi connectivity index (χ2v) is 5.87. The summed E-state index contributed by atoms with van der Waals surface area (Å²) in [7, 11) is -3.70. The van der Waals surface area contributed by atoms with Crippen LogP contribution in [0.5, 0.6) is 0 Å². The normalized spacial score (nSPS) is 17.1. The third-order valence-electron chi connectivity index (χ3n) is 2.26. The lowest BCUT2D eigenvalue weighted by Crippen LogP contribution is -2.15. The Morgan fingerprint density at radius 3 is 2.75 bits per heavy atom. The minimum Gasteiger partial charge on any atom is -0.267 e. The van der Waals surface area contributed by atoms with Crippen molar-refractivity contribution in [3.05, 3.63) is 11.6 Å². The number of nitrogens with zero attached hydrogens (tertiary/aromatic N) is 2. The van der Waals surface area contributed by atoms with Gasteiger partial charge in [-0.3, -0.25) is 4.28 Å². The molecule has 0 saturated heterocycles. The van der Waals surface area contributed by atoms with Crippen LogP contribution in [0.4, 0.5) is 0 Å². The lowest BCUT2D eigenvalue weighted by molar-refractivity contribution is 0.334. The van der Waals surface area contributed by atoms with Crippen molar-refractivity contribution in [2.24, 2.45) is 5.16 Å². The molecule has 0 bridgehead atoms. The summed E-state index contributed by atoms with van der Waals surface area (Å²) in [5.41, 5.74) is 0.822. The largest absolute Gasteiger partial charge is 0.330 e. The van der Waals surface area contributed by atoms with Crippen LogP contribution in [0.25, 0.3) is 0 Å². The van der Waals surface area contributed by atoms with E-state index in [-0.39, 0.29) is 5.71 Å². The molecule has 0 heterocycles. The molecule has 0 N–H and O–H groups in total. The Bertz CT molecular complexity index is 455. The Hall–Kier alpha value is -1.35. The molecule has 0 saturated carbocycles. The van der Waals surface area contributed by atoms with Crippen molar-refractivity contribution in [1.82, 2.24) is 0 Å². The number of hydrogen-bond donors (Lipinski definition) is 0. The van der Waals surface area contributed by atoms with Crippen molar-refractivity contribution in [1.29, 1.82) is 5.26 Å². The summed E-state index contributed by atoms with van der Waals surface area (Å²) in [6.07, 6.45) is 4.49. The molecule has 0 aromatic heterocycles. The van der Waals surface area contributed by atoms with E-state index < -0.39 is 15.4 Å².